The SMILES string of the molecule is CCCS(=O)(=O)Nc1ccc(F)c(C(=O)c2ccc3ncc(-n4cnc(C)c4)nc3c2)c1F. The summed E-state index contributed by atoms with van der Waals surface area (Å²) in [5.74, 6) is -3.13. The third-order valence-corrected chi connectivity index (χ3v) is 6.30. The van der Waals surface area contributed by atoms with E-state index in [1.807, 2.05) is 6.92 Å². The molecule has 0 radical (unpaired) electrons. The average molecular weight is 471 g/mol. The highest BCUT2D eigenvalue weighted by atomic mass is 32.2. The highest BCUT2D eigenvalue weighted by Gasteiger charge is 2.24. The molecule has 170 valence electrons. The lowest BCUT2D eigenvalue weighted by molar-refractivity contribution is 0.103. The maximum atomic E-state index is 15.0. The van der Waals surface area contributed by atoms with Crippen LogP contribution in [0, 0.1) is 18.6 Å². The third kappa shape index (κ3) is 4.58. The number of aryl methyl sites for hydroxylation is 1. The zero-order chi connectivity index (χ0) is 23.8. The van der Waals surface area contributed by atoms with Crippen LogP contribution in [0.4, 0.5) is 14.5 Å². The number of fused-ring (bicyclic) bond motifs is 1. The normalized spacial score (nSPS) is 11.6. The molecule has 8 nitrogen and oxygen atoms in total. The van der Waals surface area contributed by atoms with E-state index in [2.05, 4.69) is 19.7 Å². The van der Waals surface area contributed by atoms with Crippen LogP contribution in [0.15, 0.2) is 49.1 Å². The number of hydrogen-bond acceptors (Lipinski definition) is 6. The minimum absolute atomic E-state index is 0.0258. The summed E-state index contributed by atoms with van der Waals surface area (Å²) in [7, 11) is -3.83. The monoisotopic (exact) mass is 471 g/mol. The van der Waals surface area contributed by atoms with Crippen molar-refractivity contribution in [3.05, 3.63) is 77.5 Å². The maximum absolute atomic E-state index is 15.0. The number of hydrogen-bond donors (Lipinski definition) is 1. The summed E-state index contributed by atoms with van der Waals surface area (Å²) in [6.07, 6.45) is 5.16. The summed E-state index contributed by atoms with van der Waals surface area (Å²) in [6, 6.07) is 6.07. The molecule has 0 fully saturated rings. The fourth-order valence-electron chi connectivity index (χ4n) is 3.28. The maximum Gasteiger partial charge on any atom is 0.232 e. The van der Waals surface area contributed by atoms with E-state index < -0.39 is 38.7 Å². The lowest BCUT2D eigenvalue weighted by Crippen LogP contribution is -2.18. The molecule has 0 saturated heterocycles. The average Bonchev–Trinajstić information content (AvgIpc) is 3.21. The molecule has 1 N–H and O–H groups in total. The zero-order valence-electron chi connectivity index (χ0n) is 17.7. The first kappa shape index (κ1) is 22.5. The van der Waals surface area contributed by atoms with Crippen molar-refractivity contribution >= 4 is 32.5 Å². The molecule has 0 unspecified atom stereocenters. The molecule has 2 aromatic carbocycles. The Hall–Kier alpha value is -3.73. The van der Waals surface area contributed by atoms with Crippen LogP contribution in [0.5, 0.6) is 0 Å². The van der Waals surface area contributed by atoms with E-state index in [0.29, 0.717) is 23.3 Å². The number of aromatic nitrogens is 4. The fraction of sp³-hybridized carbons (Fsp3) is 0.182. The lowest BCUT2D eigenvalue weighted by atomic mass is 10.0. The first-order valence-corrected chi connectivity index (χ1v) is 11.6. The minimum atomic E-state index is -3.83. The number of halogens is 2. The van der Waals surface area contributed by atoms with Gasteiger partial charge in [-0.3, -0.25) is 19.1 Å². The Balaban J connectivity index is 1.74. The number of anilines is 1. The van der Waals surface area contributed by atoms with Crippen molar-refractivity contribution in [3.63, 3.8) is 0 Å². The molecular formula is C22H19F2N5O3S. The molecule has 11 heteroatoms. The largest absolute Gasteiger partial charge is 0.289 e. The molecule has 0 spiro atoms. The van der Waals surface area contributed by atoms with E-state index in [1.54, 1.807) is 24.0 Å². The van der Waals surface area contributed by atoms with Gasteiger partial charge in [-0.2, -0.15) is 0 Å². The van der Waals surface area contributed by atoms with E-state index >= 15 is 4.39 Å². The molecular weight excluding hydrogens is 452 g/mol. The van der Waals surface area contributed by atoms with E-state index in [0.717, 1.165) is 17.8 Å². The second-order valence-electron chi connectivity index (χ2n) is 7.39. The van der Waals surface area contributed by atoms with Crippen LogP contribution in [0.2, 0.25) is 0 Å². The standard InChI is InChI=1S/C22H19F2N5O3S/c1-3-8-33(31,32)28-17-7-5-15(23)20(21(17)24)22(30)14-4-6-16-18(9-14)27-19(10-25-16)29-11-13(2)26-12-29/h4-7,9-12,28H,3,8H2,1-2H3. The summed E-state index contributed by atoms with van der Waals surface area (Å²) in [4.78, 5) is 25.9. The summed E-state index contributed by atoms with van der Waals surface area (Å²) in [5.41, 5.74) is 0.217. The first-order chi connectivity index (χ1) is 15.7. The summed E-state index contributed by atoms with van der Waals surface area (Å²) in [6.45, 7) is 3.47. The molecule has 2 aromatic heterocycles. The first-order valence-electron chi connectivity index (χ1n) is 9.99. The van der Waals surface area contributed by atoms with E-state index in [1.165, 1.54) is 24.4 Å². The van der Waals surface area contributed by atoms with Crippen LogP contribution in [0.1, 0.15) is 35.0 Å². The molecule has 0 atom stereocenters. The molecule has 0 amide bonds. The van der Waals surface area contributed by atoms with Gasteiger partial charge in [0.2, 0.25) is 10.0 Å². The van der Waals surface area contributed by atoms with Crippen LogP contribution < -0.4 is 4.72 Å². The van der Waals surface area contributed by atoms with Gasteiger partial charge in [0, 0.05) is 11.8 Å². The lowest BCUT2D eigenvalue weighted by Gasteiger charge is -2.12. The predicted molar refractivity (Wildman–Crippen MR) is 119 cm³/mol. The molecule has 33 heavy (non-hydrogen) atoms. The minimum Gasteiger partial charge on any atom is -0.289 e. The van der Waals surface area contributed by atoms with E-state index in [4.69, 9.17) is 0 Å². The molecule has 0 aliphatic carbocycles. The molecule has 0 bridgehead atoms. The van der Waals surface area contributed by atoms with E-state index in [-0.39, 0.29) is 11.3 Å². The van der Waals surface area contributed by atoms with Gasteiger partial charge in [0.1, 0.15) is 12.1 Å². The second-order valence-corrected chi connectivity index (χ2v) is 9.23. The number of rotatable bonds is 7. The van der Waals surface area contributed by atoms with Gasteiger partial charge in [-0.1, -0.05) is 6.92 Å². The Bertz CT molecular complexity index is 1480. The van der Waals surface area contributed by atoms with Gasteiger partial charge in [-0.15, -0.1) is 0 Å². The number of nitrogens with zero attached hydrogens (tertiary/aromatic N) is 4. The van der Waals surface area contributed by atoms with Crippen LogP contribution in [-0.2, 0) is 10.0 Å². The van der Waals surface area contributed by atoms with Crippen molar-refractivity contribution in [3.8, 4) is 5.82 Å². The summed E-state index contributed by atoms with van der Waals surface area (Å²) in [5, 5.41) is 0. The number of benzene rings is 2. The topological polar surface area (TPSA) is 107 Å². The quantitative estimate of drug-likeness (QED) is 0.411. The van der Waals surface area contributed by atoms with Gasteiger partial charge < -0.3 is 0 Å². The predicted octanol–water partition coefficient (Wildman–Crippen LogP) is 3.78. The van der Waals surface area contributed by atoms with Gasteiger partial charge in [-0.25, -0.2) is 27.2 Å². The number of carbonyl (C=O) groups excluding carboxylic acids is 1. The number of sulfonamides is 1. The van der Waals surface area contributed by atoms with Crippen LogP contribution in [0.3, 0.4) is 0 Å². The van der Waals surface area contributed by atoms with Crippen molar-refractivity contribution in [2.24, 2.45) is 0 Å². The number of ketones is 1. The Morgan fingerprint density at radius 3 is 2.61 bits per heavy atom. The molecule has 0 aliphatic heterocycles. The van der Waals surface area contributed by atoms with Gasteiger partial charge in [0.25, 0.3) is 0 Å². The number of imidazole rings is 1. The van der Waals surface area contributed by atoms with Crippen molar-refractivity contribution < 1.29 is 22.0 Å². The van der Waals surface area contributed by atoms with Gasteiger partial charge >= 0.3 is 0 Å². The van der Waals surface area contributed by atoms with Gasteiger partial charge in [-0.05, 0) is 43.7 Å². The fourth-order valence-corrected chi connectivity index (χ4v) is 4.42. The van der Waals surface area contributed by atoms with Crippen LogP contribution in [-0.4, -0.2) is 39.5 Å². The Morgan fingerprint density at radius 1 is 1.12 bits per heavy atom. The summed E-state index contributed by atoms with van der Waals surface area (Å²) < 4.78 is 57.2. The molecule has 2 heterocycles. The summed E-state index contributed by atoms with van der Waals surface area (Å²) >= 11 is 0. The van der Waals surface area contributed by atoms with Crippen LogP contribution >= 0.6 is 0 Å². The van der Waals surface area contributed by atoms with Crippen molar-refractivity contribution in [1.82, 2.24) is 19.5 Å². The molecule has 0 aliphatic rings. The Morgan fingerprint density at radius 2 is 1.91 bits per heavy atom. The molecule has 0 saturated carbocycles. The molecule has 4 rings (SSSR count). The second kappa shape index (κ2) is 8.66. The highest BCUT2D eigenvalue weighted by molar-refractivity contribution is 7.92. The zero-order valence-corrected chi connectivity index (χ0v) is 18.5. The number of nitrogens with one attached hydrogen (secondary N) is 1. The smallest absolute Gasteiger partial charge is 0.232 e. The van der Waals surface area contributed by atoms with Crippen molar-refractivity contribution in [1.29, 1.82) is 0 Å². The molecule has 4 aromatic rings. The Labute approximate surface area is 188 Å². The van der Waals surface area contributed by atoms with Gasteiger partial charge in [0.15, 0.2) is 17.4 Å². The number of carbonyl (C=O) groups is 1. The van der Waals surface area contributed by atoms with Crippen molar-refractivity contribution in [2.45, 2.75) is 20.3 Å². The highest BCUT2D eigenvalue weighted by Crippen LogP contribution is 2.26. The third-order valence-electron chi connectivity index (χ3n) is 4.82. The van der Waals surface area contributed by atoms with Crippen LogP contribution in [0.25, 0.3) is 16.9 Å². The van der Waals surface area contributed by atoms with Crippen molar-refractivity contribution in [2.75, 3.05) is 10.5 Å². The Kier molecular flexibility index (Phi) is 5.90. The van der Waals surface area contributed by atoms with Gasteiger partial charge in [0.05, 0.1) is 39.9 Å². The van der Waals surface area contributed by atoms with E-state index in [9.17, 15) is 17.6 Å².